The maximum Gasteiger partial charge on any atom is 0.433 e. The Kier molecular flexibility index (Phi) is 6.36. The first-order valence-electron chi connectivity index (χ1n) is 13.4. The van der Waals surface area contributed by atoms with Crippen molar-refractivity contribution in [2.45, 2.75) is 97.1 Å². The zero-order valence-corrected chi connectivity index (χ0v) is 20.7. The highest BCUT2D eigenvalue weighted by Crippen LogP contribution is 2.66. The molecular weight excluding hydrogens is 414 g/mol. The molecule has 8 atom stereocenters. The van der Waals surface area contributed by atoms with Crippen molar-refractivity contribution in [1.29, 1.82) is 0 Å². The Hall–Kier alpha value is -1.40. The van der Waals surface area contributed by atoms with E-state index in [-0.39, 0.29) is 16.9 Å². The van der Waals surface area contributed by atoms with E-state index in [0.717, 1.165) is 62.1 Å². The smallest absolute Gasteiger partial charge is 0.389 e. The minimum absolute atomic E-state index is 0.236. The van der Waals surface area contributed by atoms with Crippen molar-refractivity contribution in [2.24, 2.45) is 39.7 Å². The van der Waals surface area contributed by atoms with Gasteiger partial charge in [0.05, 0.1) is 11.8 Å². The SMILES string of the molecule is C/C(=N\OC(=O)NCC1CCCN1)[C@H]1CC[C@H]2[C@@H]3CCC4=C[C@@H](O)CC[C@]4(C)[C@H]3CC[C@]12C. The summed E-state index contributed by atoms with van der Waals surface area (Å²) in [6.07, 6.45) is 13.1. The number of carbonyl (C=O) groups is 1. The van der Waals surface area contributed by atoms with Gasteiger partial charge >= 0.3 is 6.09 Å². The van der Waals surface area contributed by atoms with Crippen LogP contribution in [0.25, 0.3) is 0 Å². The molecule has 3 saturated carbocycles. The second-order valence-corrected chi connectivity index (χ2v) is 12.1. The van der Waals surface area contributed by atoms with Crippen molar-refractivity contribution in [3.05, 3.63) is 11.6 Å². The number of aliphatic hydroxyl groups excluding tert-OH is 1. The van der Waals surface area contributed by atoms with Crippen LogP contribution in [0.2, 0.25) is 0 Å². The van der Waals surface area contributed by atoms with E-state index >= 15 is 0 Å². The summed E-state index contributed by atoms with van der Waals surface area (Å²) in [5.41, 5.74) is 3.04. The van der Waals surface area contributed by atoms with Crippen LogP contribution in [-0.4, -0.2) is 42.1 Å². The third kappa shape index (κ3) is 4.16. The third-order valence-electron chi connectivity index (χ3n) is 10.5. The molecule has 0 bridgehead atoms. The van der Waals surface area contributed by atoms with Crippen molar-refractivity contribution >= 4 is 11.8 Å². The third-order valence-corrected chi connectivity index (χ3v) is 10.5. The molecule has 0 spiro atoms. The van der Waals surface area contributed by atoms with Crippen molar-refractivity contribution in [2.75, 3.05) is 13.1 Å². The molecule has 1 aliphatic heterocycles. The highest BCUT2D eigenvalue weighted by Gasteiger charge is 2.59. The van der Waals surface area contributed by atoms with Gasteiger partial charge < -0.3 is 15.7 Å². The van der Waals surface area contributed by atoms with Gasteiger partial charge in [0.15, 0.2) is 0 Å². The number of hydrogen-bond donors (Lipinski definition) is 3. The summed E-state index contributed by atoms with van der Waals surface area (Å²) in [6.45, 7) is 8.65. The van der Waals surface area contributed by atoms with Crippen molar-refractivity contribution in [1.82, 2.24) is 10.6 Å². The van der Waals surface area contributed by atoms with Crippen molar-refractivity contribution in [3.63, 3.8) is 0 Å². The van der Waals surface area contributed by atoms with E-state index < -0.39 is 6.09 Å². The van der Waals surface area contributed by atoms with Gasteiger partial charge in [-0.25, -0.2) is 4.79 Å². The van der Waals surface area contributed by atoms with Gasteiger partial charge in [-0.1, -0.05) is 30.7 Å². The van der Waals surface area contributed by atoms with E-state index in [0.29, 0.717) is 18.5 Å². The molecule has 1 amide bonds. The average Bonchev–Trinajstić information content (AvgIpc) is 3.44. The predicted molar refractivity (Wildman–Crippen MR) is 130 cm³/mol. The predicted octanol–water partition coefficient (Wildman–Crippen LogP) is 4.78. The normalized spacial score (nSPS) is 45.0. The summed E-state index contributed by atoms with van der Waals surface area (Å²) >= 11 is 0. The Morgan fingerprint density at radius 1 is 1.18 bits per heavy atom. The molecule has 184 valence electrons. The lowest BCUT2D eigenvalue weighted by Crippen LogP contribution is -2.51. The number of fused-ring (bicyclic) bond motifs is 5. The lowest BCUT2D eigenvalue weighted by atomic mass is 9.46. The number of allylic oxidation sites excluding steroid dienone is 1. The first-order chi connectivity index (χ1) is 15.8. The summed E-state index contributed by atoms with van der Waals surface area (Å²) in [4.78, 5) is 17.5. The van der Waals surface area contributed by atoms with Gasteiger partial charge in [0.1, 0.15) is 0 Å². The molecule has 3 N–H and O–H groups in total. The molecule has 0 aromatic rings. The summed E-state index contributed by atoms with van der Waals surface area (Å²) in [6, 6.07) is 0.354. The number of carbonyl (C=O) groups excluding carboxylic acids is 1. The van der Waals surface area contributed by atoms with E-state index in [1.807, 2.05) is 0 Å². The maximum atomic E-state index is 12.2. The van der Waals surface area contributed by atoms with Crippen LogP contribution in [0, 0.1) is 34.5 Å². The van der Waals surface area contributed by atoms with Gasteiger partial charge in [0.25, 0.3) is 0 Å². The van der Waals surface area contributed by atoms with Gasteiger partial charge in [-0.05, 0) is 106 Å². The molecule has 6 heteroatoms. The lowest BCUT2D eigenvalue weighted by molar-refractivity contribution is -0.0479. The fourth-order valence-corrected chi connectivity index (χ4v) is 8.74. The molecule has 4 fully saturated rings. The van der Waals surface area contributed by atoms with Crippen LogP contribution in [0.15, 0.2) is 16.8 Å². The zero-order valence-electron chi connectivity index (χ0n) is 20.7. The van der Waals surface area contributed by atoms with Crippen LogP contribution >= 0.6 is 0 Å². The fraction of sp³-hybridized carbons (Fsp3) is 0.852. The highest BCUT2D eigenvalue weighted by molar-refractivity contribution is 5.85. The molecule has 1 heterocycles. The average molecular weight is 458 g/mol. The second-order valence-electron chi connectivity index (χ2n) is 12.1. The molecule has 1 unspecified atom stereocenters. The Morgan fingerprint density at radius 2 is 2.03 bits per heavy atom. The monoisotopic (exact) mass is 457 g/mol. The fourth-order valence-electron chi connectivity index (χ4n) is 8.74. The van der Waals surface area contributed by atoms with Crippen LogP contribution in [0.1, 0.15) is 85.0 Å². The number of amides is 1. The van der Waals surface area contributed by atoms with Crippen LogP contribution in [0.4, 0.5) is 4.79 Å². The Bertz CT molecular complexity index is 819. The molecule has 0 aromatic carbocycles. The Morgan fingerprint density at radius 3 is 2.82 bits per heavy atom. The van der Waals surface area contributed by atoms with Gasteiger partial charge in [-0.15, -0.1) is 0 Å². The maximum absolute atomic E-state index is 12.2. The first kappa shape index (κ1) is 23.3. The van der Waals surface area contributed by atoms with Gasteiger partial charge in [-0.3, -0.25) is 4.84 Å². The van der Waals surface area contributed by atoms with Crippen molar-refractivity contribution < 1.29 is 14.7 Å². The number of aliphatic hydroxyl groups is 1. The van der Waals surface area contributed by atoms with Gasteiger partial charge in [0.2, 0.25) is 0 Å². The standard InChI is InChI=1S/C27H43N3O3/c1-17(30-33-25(32)29-16-19-5-4-14-28-19)22-8-9-23-21-7-6-18-15-20(31)10-12-26(18,2)24(21)11-13-27(22,23)3/h15,19-24,28,31H,4-14,16H2,1-3H3,(H,29,32)/b30-17+/t19?,20-,21-,22+,23-,24-,26-,27+/m0/s1. The van der Waals surface area contributed by atoms with Crippen molar-refractivity contribution in [3.8, 4) is 0 Å². The van der Waals surface area contributed by atoms with E-state index in [9.17, 15) is 9.90 Å². The molecule has 0 aromatic heterocycles. The van der Waals surface area contributed by atoms with Gasteiger partial charge in [-0.2, -0.15) is 0 Å². The van der Waals surface area contributed by atoms with E-state index in [1.165, 1.54) is 37.7 Å². The van der Waals surface area contributed by atoms with E-state index in [1.54, 1.807) is 0 Å². The number of hydrogen-bond acceptors (Lipinski definition) is 5. The van der Waals surface area contributed by atoms with E-state index in [4.69, 9.17) is 4.84 Å². The molecular formula is C27H43N3O3. The summed E-state index contributed by atoms with van der Waals surface area (Å²) in [5, 5.41) is 20.8. The zero-order chi connectivity index (χ0) is 23.2. The summed E-state index contributed by atoms with van der Waals surface area (Å²) < 4.78 is 0. The first-order valence-corrected chi connectivity index (χ1v) is 13.4. The molecule has 33 heavy (non-hydrogen) atoms. The lowest BCUT2D eigenvalue weighted by Gasteiger charge is -2.58. The quantitative estimate of drug-likeness (QED) is 0.246. The molecule has 1 saturated heterocycles. The molecule has 5 aliphatic rings. The minimum atomic E-state index is -0.439. The highest BCUT2D eigenvalue weighted by atomic mass is 16.7. The molecule has 5 rings (SSSR count). The topological polar surface area (TPSA) is 83.0 Å². The minimum Gasteiger partial charge on any atom is -0.389 e. The Balaban J connectivity index is 1.23. The number of oxime groups is 1. The van der Waals surface area contributed by atoms with Crippen LogP contribution in [0.5, 0.6) is 0 Å². The molecule has 0 radical (unpaired) electrons. The molecule has 6 nitrogen and oxygen atoms in total. The molecule has 4 aliphatic carbocycles. The Labute approximate surface area is 199 Å². The van der Waals surface area contributed by atoms with Crippen LogP contribution in [0.3, 0.4) is 0 Å². The number of nitrogens with one attached hydrogen (secondary N) is 2. The largest absolute Gasteiger partial charge is 0.433 e. The summed E-state index contributed by atoms with van der Waals surface area (Å²) in [5.74, 6) is 2.62. The van der Waals surface area contributed by atoms with Crippen LogP contribution in [-0.2, 0) is 4.84 Å². The second kappa shape index (κ2) is 8.99. The van der Waals surface area contributed by atoms with Gasteiger partial charge in [0, 0.05) is 18.5 Å². The number of rotatable bonds is 4. The van der Waals surface area contributed by atoms with E-state index in [2.05, 4.69) is 42.6 Å². The summed E-state index contributed by atoms with van der Waals surface area (Å²) in [7, 11) is 0. The number of nitrogens with zero attached hydrogens (tertiary/aromatic N) is 1. The van der Waals surface area contributed by atoms with Crippen LogP contribution < -0.4 is 10.6 Å².